The van der Waals surface area contributed by atoms with Crippen molar-refractivity contribution in [3.8, 4) is 5.75 Å². The molecule has 0 saturated heterocycles. The maximum Gasteiger partial charge on any atom is 0.364 e. The molecule has 0 spiro atoms. The molecule has 1 N–H and O–H groups in total. The van der Waals surface area contributed by atoms with E-state index in [1.807, 2.05) is 0 Å². The highest BCUT2D eigenvalue weighted by molar-refractivity contribution is 5.89. The Morgan fingerprint density at radius 1 is 1.41 bits per heavy atom. The summed E-state index contributed by atoms with van der Waals surface area (Å²) in [5.74, 6) is -2.04. The average Bonchev–Trinajstić information content (AvgIpc) is 2.31. The molecule has 92 valence electrons. The molecule has 0 aliphatic carbocycles. The lowest BCUT2D eigenvalue weighted by molar-refractivity contribution is -0.134. The van der Waals surface area contributed by atoms with Crippen molar-refractivity contribution in [1.29, 1.82) is 0 Å². The summed E-state index contributed by atoms with van der Waals surface area (Å²) in [4.78, 5) is 10.3. The van der Waals surface area contributed by atoms with E-state index >= 15 is 0 Å². The molecule has 0 aliphatic heterocycles. The molecule has 0 atom stereocenters. The predicted octanol–water partition coefficient (Wildman–Crippen LogP) is 3.26. The van der Waals surface area contributed by atoms with Crippen molar-refractivity contribution in [2.75, 3.05) is 6.61 Å². The maximum atomic E-state index is 12.8. The summed E-state index contributed by atoms with van der Waals surface area (Å²) in [5.41, 5.74) is 0.493. The third kappa shape index (κ3) is 4.68. The topological polar surface area (TPSA) is 46.5 Å². The number of ether oxygens (including phenoxy) is 1. The predicted molar refractivity (Wildman–Crippen MR) is 63.6 cm³/mol. The van der Waals surface area contributed by atoms with E-state index in [0.717, 1.165) is 18.9 Å². The molecule has 0 aliphatic rings. The van der Waals surface area contributed by atoms with Gasteiger partial charge in [0.25, 0.3) is 0 Å². The van der Waals surface area contributed by atoms with Crippen LogP contribution in [0, 0.1) is 0 Å². The van der Waals surface area contributed by atoms with Crippen molar-refractivity contribution in [1.82, 2.24) is 0 Å². The highest BCUT2D eigenvalue weighted by Gasteiger charge is 2.04. The first-order chi connectivity index (χ1) is 8.13. The average molecular weight is 238 g/mol. The third-order valence-corrected chi connectivity index (χ3v) is 2.14. The summed E-state index contributed by atoms with van der Waals surface area (Å²) < 4.78 is 18.2. The molecule has 4 heteroatoms. The lowest BCUT2D eigenvalue weighted by Gasteiger charge is -2.04. The standard InChI is InChI=1S/C13H15FO3/c1-2-3-8-17-11-6-4-10(5-7-11)9-12(14)13(15)16/h4-7,9H,2-3,8H2,1H3,(H,15,16). The zero-order valence-corrected chi connectivity index (χ0v) is 9.65. The Balaban J connectivity index is 2.62. The number of unbranched alkanes of at least 4 members (excludes halogenated alkanes) is 1. The van der Waals surface area contributed by atoms with Crippen molar-refractivity contribution in [2.24, 2.45) is 0 Å². The second kappa shape index (κ2) is 6.68. The number of rotatable bonds is 6. The monoisotopic (exact) mass is 238 g/mol. The minimum absolute atomic E-state index is 0.493. The van der Waals surface area contributed by atoms with E-state index in [-0.39, 0.29) is 0 Å². The Labute approximate surface area is 99.5 Å². The maximum absolute atomic E-state index is 12.8. The van der Waals surface area contributed by atoms with Crippen LogP contribution in [-0.2, 0) is 4.79 Å². The molecule has 1 aromatic rings. The first-order valence-corrected chi connectivity index (χ1v) is 5.47. The molecule has 1 rings (SSSR count). The zero-order chi connectivity index (χ0) is 12.7. The van der Waals surface area contributed by atoms with E-state index in [4.69, 9.17) is 9.84 Å². The summed E-state index contributed by atoms with van der Waals surface area (Å²) in [6.45, 7) is 2.72. The van der Waals surface area contributed by atoms with Gasteiger partial charge < -0.3 is 9.84 Å². The Hall–Kier alpha value is -1.84. The van der Waals surface area contributed by atoms with Gasteiger partial charge in [-0.3, -0.25) is 0 Å². The molecule has 17 heavy (non-hydrogen) atoms. The molecule has 0 heterocycles. The van der Waals surface area contributed by atoms with Crippen LogP contribution in [0.25, 0.3) is 6.08 Å². The number of hydrogen-bond acceptors (Lipinski definition) is 2. The zero-order valence-electron chi connectivity index (χ0n) is 9.65. The summed E-state index contributed by atoms with van der Waals surface area (Å²) in [5, 5.41) is 8.37. The van der Waals surface area contributed by atoms with Crippen LogP contribution in [0.1, 0.15) is 25.3 Å². The molecular weight excluding hydrogens is 223 g/mol. The molecule has 0 saturated carbocycles. The van der Waals surface area contributed by atoms with Crippen LogP contribution in [0.3, 0.4) is 0 Å². The molecule has 1 aromatic carbocycles. The number of aliphatic carboxylic acids is 1. The van der Waals surface area contributed by atoms with Crippen molar-refractivity contribution in [3.05, 3.63) is 35.7 Å². The van der Waals surface area contributed by atoms with E-state index in [1.54, 1.807) is 24.3 Å². The highest BCUT2D eigenvalue weighted by Crippen LogP contribution is 2.15. The fourth-order valence-electron chi connectivity index (χ4n) is 1.20. The minimum Gasteiger partial charge on any atom is -0.494 e. The van der Waals surface area contributed by atoms with Gasteiger partial charge in [-0.2, -0.15) is 4.39 Å². The first-order valence-electron chi connectivity index (χ1n) is 5.47. The van der Waals surface area contributed by atoms with Gasteiger partial charge >= 0.3 is 5.97 Å². The first kappa shape index (κ1) is 13.2. The molecule has 0 amide bonds. The van der Waals surface area contributed by atoms with Gasteiger partial charge in [0.05, 0.1) is 6.61 Å². The quantitative estimate of drug-likeness (QED) is 0.611. The van der Waals surface area contributed by atoms with Crippen LogP contribution in [-0.4, -0.2) is 17.7 Å². The van der Waals surface area contributed by atoms with E-state index in [9.17, 15) is 9.18 Å². The fraction of sp³-hybridized carbons (Fsp3) is 0.308. The second-order valence-electron chi connectivity index (χ2n) is 3.57. The SMILES string of the molecule is CCCCOc1ccc(C=C(F)C(=O)O)cc1. The van der Waals surface area contributed by atoms with Gasteiger partial charge in [-0.25, -0.2) is 4.79 Å². The number of carboxylic acid groups (broad SMARTS) is 1. The third-order valence-electron chi connectivity index (χ3n) is 2.14. The molecule has 0 aromatic heterocycles. The van der Waals surface area contributed by atoms with Crippen molar-refractivity contribution in [2.45, 2.75) is 19.8 Å². The van der Waals surface area contributed by atoms with Gasteiger partial charge in [-0.1, -0.05) is 25.5 Å². The molecule has 0 unspecified atom stereocenters. The van der Waals surface area contributed by atoms with Crippen LogP contribution in [0.2, 0.25) is 0 Å². The molecule has 3 nitrogen and oxygen atoms in total. The number of hydrogen-bond donors (Lipinski definition) is 1. The van der Waals surface area contributed by atoms with Gasteiger partial charge in [0, 0.05) is 0 Å². The molecule has 0 radical (unpaired) electrons. The van der Waals surface area contributed by atoms with E-state index in [2.05, 4.69) is 6.92 Å². The smallest absolute Gasteiger partial charge is 0.364 e. The normalized spacial score (nSPS) is 11.3. The van der Waals surface area contributed by atoms with E-state index in [0.29, 0.717) is 17.9 Å². The van der Waals surface area contributed by atoms with Gasteiger partial charge in [-0.05, 0) is 30.2 Å². The van der Waals surface area contributed by atoms with Gasteiger partial charge in [0.15, 0.2) is 0 Å². The van der Waals surface area contributed by atoms with Crippen molar-refractivity contribution in [3.63, 3.8) is 0 Å². The van der Waals surface area contributed by atoms with Crippen LogP contribution in [0.15, 0.2) is 30.1 Å². The molecule has 0 bridgehead atoms. The largest absolute Gasteiger partial charge is 0.494 e. The van der Waals surface area contributed by atoms with Crippen molar-refractivity contribution >= 4 is 12.0 Å². The summed E-state index contributed by atoms with van der Waals surface area (Å²) in [6.07, 6.45) is 3.01. The lowest BCUT2D eigenvalue weighted by atomic mass is 10.2. The van der Waals surface area contributed by atoms with Crippen LogP contribution in [0.5, 0.6) is 5.75 Å². The van der Waals surface area contributed by atoms with Crippen LogP contribution < -0.4 is 4.74 Å². The van der Waals surface area contributed by atoms with Gasteiger partial charge in [-0.15, -0.1) is 0 Å². The number of carboxylic acids is 1. The highest BCUT2D eigenvalue weighted by atomic mass is 19.1. The Bertz CT molecular complexity index is 396. The second-order valence-corrected chi connectivity index (χ2v) is 3.57. The minimum atomic E-state index is -1.56. The summed E-state index contributed by atoms with van der Waals surface area (Å²) in [6, 6.07) is 6.61. The van der Waals surface area contributed by atoms with Gasteiger partial charge in [0.1, 0.15) is 5.75 Å². The number of benzene rings is 1. The van der Waals surface area contributed by atoms with Crippen molar-refractivity contribution < 1.29 is 19.0 Å². The summed E-state index contributed by atoms with van der Waals surface area (Å²) >= 11 is 0. The summed E-state index contributed by atoms with van der Waals surface area (Å²) in [7, 11) is 0. The molecular formula is C13H15FO3. The van der Waals surface area contributed by atoms with Crippen LogP contribution in [0.4, 0.5) is 4.39 Å². The fourth-order valence-corrected chi connectivity index (χ4v) is 1.20. The van der Waals surface area contributed by atoms with Crippen LogP contribution >= 0.6 is 0 Å². The number of carbonyl (C=O) groups is 1. The van der Waals surface area contributed by atoms with E-state index in [1.165, 1.54) is 0 Å². The van der Waals surface area contributed by atoms with E-state index < -0.39 is 11.8 Å². The number of halogens is 1. The Morgan fingerprint density at radius 3 is 2.59 bits per heavy atom. The van der Waals surface area contributed by atoms with Gasteiger partial charge in [0.2, 0.25) is 5.83 Å². The molecule has 0 fully saturated rings. The Kier molecular flexibility index (Phi) is 5.20. The lowest BCUT2D eigenvalue weighted by Crippen LogP contribution is -1.96. The Morgan fingerprint density at radius 2 is 2.06 bits per heavy atom.